The molecule has 0 fully saturated rings. The van der Waals surface area contributed by atoms with Crippen molar-refractivity contribution in [2.45, 2.75) is 13.3 Å². The van der Waals surface area contributed by atoms with Crippen LogP contribution in [0.25, 0.3) is 43.9 Å². The predicted octanol–water partition coefficient (Wildman–Crippen LogP) is 9.03. The summed E-state index contributed by atoms with van der Waals surface area (Å²) in [5, 5.41) is 7.27. The molecule has 1 aromatic heterocycles. The molecule has 2 nitrogen and oxygen atoms in total. The van der Waals surface area contributed by atoms with Gasteiger partial charge in [0.1, 0.15) is 0 Å². The van der Waals surface area contributed by atoms with Gasteiger partial charge < -0.3 is 5.32 Å². The van der Waals surface area contributed by atoms with Crippen LogP contribution in [0.2, 0.25) is 0 Å². The number of pyridine rings is 1. The molecule has 0 spiro atoms. The minimum absolute atomic E-state index is 1.01. The molecular weight excluding hydrogens is 424 g/mol. The van der Waals surface area contributed by atoms with Crippen LogP contribution in [0.3, 0.4) is 0 Å². The molecule has 6 rings (SSSR count). The number of nitrogens with zero attached hydrogens (tertiary/aromatic N) is 1. The maximum absolute atomic E-state index is 4.51. The number of aryl methyl sites for hydroxylation is 1. The van der Waals surface area contributed by atoms with Crippen LogP contribution in [0.1, 0.15) is 12.5 Å². The molecule has 1 N–H and O–H groups in total. The molecule has 35 heavy (non-hydrogen) atoms. The van der Waals surface area contributed by atoms with Crippen LogP contribution in [0, 0.1) is 0 Å². The molecule has 0 atom stereocenters. The lowest BCUT2D eigenvalue weighted by atomic mass is 9.96. The molecule has 0 aliphatic heterocycles. The number of fused-ring (bicyclic) bond motifs is 2. The summed E-state index contributed by atoms with van der Waals surface area (Å²) in [5.41, 5.74) is 9.43. The van der Waals surface area contributed by atoms with E-state index in [2.05, 4.69) is 126 Å². The Morgan fingerprint density at radius 2 is 1.34 bits per heavy atom. The molecule has 0 radical (unpaired) electrons. The van der Waals surface area contributed by atoms with Gasteiger partial charge in [0, 0.05) is 23.0 Å². The summed E-state index contributed by atoms with van der Waals surface area (Å²) >= 11 is 0. The molecule has 2 heteroatoms. The average Bonchev–Trinajstić information content (AvgIpc) is 2.92. The number of benzene rings is 5. The number of rotatable bonds is 5. The van der Waals surface area contributed by atoms with Crippen LogP contribution >= 0.6 is 0 Å². The van der Waals surface area contributed by atoms with Crippen LogP contribution in [-0.4, -0.2) is 4.98 Å². The Morgan fingerprint density at radius 3 is 2.23 bits per heavy atom. The molecule has 0 aliphatic carbocycles. The highest BCUT2D eigenvalue weighted by Crippen LogP contribution is 2.33. The molecule has 0 amide bonds. The molecule has 0 saturated heterocycles. The zero-order chi connectivity index (χ0) is 23.6. The lowest BCUT2D eigenvalue weighted by molar-refractivity contribution is 1.14. The van der Waals surface area contributed by atoms with E-state index in [4.69, 9.17) is 0 Å². The van der Waals surface area contributed by atoms with Crippen molar-refractivity contribution in [2.24, 2.45) is 0 Å². The number of hydrogen-bond donors (Lipinski definition) is 1. The maximum Gasteiger partial charge on any atom is 0.0708 e. The summed E-state index contributed by atoms with van der Waals surface area (Å²) in [6.07, 6.45) is 2.89. The van der Waals surface area contributed by atoms with E-state index in [1.165, 1.54) is 38.6 Å². The topological polar surface area (TPSA) is 24.9 Å². The summed E-state index contributed by atoms with van der Waals surface area (Å²) in [7, 11) is 0. The van der Waals surface area contributed by atoms with Gasteiger partial charge in [0.05, 0.1) is 5.52 Å². The van der Waals surface area contributed by atoms with Gasteiger partial charge in [-0.15, -0.1) is 0 Å². The van der Waals surface area contributed by atoms with Gasteiger partial charge in [-0.1, -0.05) is 85.8 Å². The minimum Gasteiger partial charge on any atom is -0.355 e. The monoisotopic (exact) mass is 450 g/mol. The van der Waals surface area contributed by atoms with E-state index in [0.29, 0.717) is 0 Å². The third-order valence-electron chi connectivity index (χ3n) is 6.63. The van der Waals surface area contributed by atoms with E-state index >= 15 is 0 Å². The number of aromatic nitrogens is 1. The van der Waals surface area contributed by atoms with Gasteiger partial charge >= 0.3 is 0 Å². The van der Waals surface area contributed by atoms with Crippen molar-refractivity contribution in [3.8, 4) is 22.3 Å². The zero-order valence-corrected chi connectivity index (χ0v) is 19.7. The second kappa shape index (κ2) is 9.08. The molecule has 0 aliphatic rings. The van der Waals surface area contributed by atoms with Crippen molar-refractivity contribution in [3.05, 3.63) is 127 Å². The summed E-state index contributed by atoms with van der Waals surface area (Å²) in [4.78, 5) is 4.51. The normalized spacial score (nSPS) is 11.1. The Labute approximate surface area is 205 Å². The van der Waals surface area contributed by atoms with E-state index in [1.54, 1.807) is 0 Å². The molecule has 1 heterocycles. The van der Waals surface area contributed by atoms with Gasteiger partial charge in [-0.05, 0) is 81.4 Å². The van der Waals surface area contributed by atoms with E-state index in [-0.39, 0.29) is 0 Å². The smallest absolute Gasteiger partial charge is 0.0708 e. The number of anilines is 2. The van der Waals surface area contributed by atoms with E-state index in [0.717, 1.165) is 28.7 Å². The Hall–Kier alpha value is -4.43. The minimum atomic E-state index is 1.01. The fourth-order valence-electron chi connectivity index (χ4n) is 4.86. The molecule has 5 aromatic carbocycles. The zero-order valence-electron chi connectivity index (χ0n) is 19.7. The summed E-state index contributed by atoms with van der Waals surface area (Å²) in [6, 6.07) is 41.0. The molecule has 0 bridgehead atoms. The molecular formula is C33H26N2. The van der Waals surface area contributed by atoms with E-state index in [9.17, 15) is 0 Å². The van der Waals surface area contributed by atoms with Crippen molar-refractivity contribution < 1.29 is 0 Å². The van der Waals surface area contributed by atoms with Crippen LogP contribution in [0.15, 0.2) is 121 Å². The van der Waals surface area contributed by atoms with Gasteiger partial charge in [0.2, 0.25) is 0 Å². The molecule has 0 unspecified atom stereocenters. The summed E-state index contributed by atoms with van der Waals surface area (Å²) in [6.45, 7) is 2.20. The second-order valence-corrected chi connectivity index (χ2v) is 8.88. The quantitative estimate of drug-likeness (QED) is 0.283. The van der Waals surface area contributed by atoms with Gasteiger partial charge in [-0.25, -0.2) is 0 Å². The third kappa shape index (κ3) is 4.15. The second-order valence-electron chi connectivity index (χ2n) is 8.88. The number of nitrogens with one attached hydrogen (secondary N) is 1. The van der Waals surface area contributed by atoms with Gasteiger partial charge in [-0.2, -0.15) is 0 Å². The Balaban J connectivity index is 1.34. The van der Waals surface area contributed by atoms with Crippen molar-refractivity contribution in [1.82, 2.24) is 4.98 Å². The van der Waals surface area contributed by atoms with Gasteiger partial charge in [0.25, 0.3) is 0 Å². The Kier molecular flexibility index (Phi) is 5.48. The average molecular weight is 451 g/mol. The maximum atomic E-state index is 4.51. The van der Waals surface area contributed by atoms with Crippen LogP contribution in [0.5, 0.6) is 0 Å². The standard InChI is InChI=1S/C33H26N2/c1-2-23-8-3-9-24(20-23)29-13-5-11-26-22-28(17-18-31(26)29)35-27-12-4-10-25(21-27)30-14-6-16-33-32(30)15-7-19-34-33/h3-22,35H,2H2,1H3. The third-order valence-corrected chi connectivity index (χ3v) is 6.63. The predicted molar refractivity (Wildman–Crippen MR) is 149 cm³/mol. The Morgan fingerprint density at radius 1 is 0.600 bits per heavy atom. The molecule has 168 valence electrons. The van der Waals surface area contributed by atoms with E-state index < -0.39 is 0 Å². The lowest BCUT2D eigenvalue weighted by Crippen LogP contribution is -1.92. The van der Waals surface area contributed by atoms with Crippen molar-refractivity contribution in [1.29, 1.82) is 0 Å². The highest BCUT2D eigenvalue weighted by Gasteiger charge is 2.08. The summed E-state index contributed by atoms with van der Waals surface area (Å²) < 4.78 is 0. The van der Waals surface area contributed by atoms with E-state index in [1.807, 2.05) is 12.3 Å². The summed E-state index contributed by atoms with van der Waals surface area (Å²) in [5.74, 6) is 0. The van der Waals surface area contributed by atoms with Crippen molar-refractivity contribution >= 4 is 33.1 Å². The Bertz CT molecular complexity index is 1660. The fourth-order valence-corrected chi connectivity index (χ4v) is 4.86. The molecule has 6 aromatic rings. The highest BCUT2D eigenvalue weighted by atomic mass is 14.9. The first kappa shape index (κ1) is 21.1. The first-order valence-electron chi connectivity index (χ1n) is 12.1. The molecule has 0 saturated carbocycles. The first-order valence-corrected chi connectivity index (χ1v) is 12.1. The van der Waals surface area contributed by atoms with Crippen molar-refractivity contribution in [2.75, 3.05) is 5.32 Å². The van der Waals surface area contributed by atoms with Crippen LogP contribution < -0.4 is 5.32 Å². The fraction of sp³-hybridized carbons (Fsp3) is 0.0606. The number of hydrogen-bond acceptors (Lipinski definition) is 2. The van der Waals surface area contributed by atoms with Gasteiger partial charge in [0.15, 0.2) is 0 Å². The van der Waals surface area contributed by atoms with Crippen LogP contribution in [-0.2, 0) is 6.42 Å². The van der Waals surface area contributed by atoms with Gasteiger partial charge in [-0.3, -0.25) is 4.98 Å². The SMILES string of the molecule is CCc1cccc(-c2cccc3cc(Nc4cccc(-c5cccc6ncccc56)c4)ccc23)c1. The largest absolute Gasteiger partial charge is 0.355 e. The van der Waals surface area contributed by atoms with Crippen molar-refractivity contribution in [3.63, 3.8) is 0 Å². The van der Waals surface area contributed by atoms with Crippen LogP contribution in [0.4, 0.5) is 11.4 Å². The first-order chi connectivity index (χ1) is 17.3. The highest BCUT2D eigenvalue weighted by molar-refractivity contribution is 5.99. The lowest BCUT2D eigenvalue weighted by Gasteiger charge is -2.13.